The van der Waals surface area contributed by atoms with Gasteiger partial charge in [-0.15, -0.1) is 0 Å². The van der Waals surface area contributed by atoms with Gasteiger partial charge in [-0.05, 0) is 0 Å². The minimum absolute atomic E-state index is 0.0177. The standard InChI is InChI=1S/C7H6N4O4/c1-15-6(13)4-8-2-3(9-4)10-7(14)11-5(2)12/h1H3,(H3,8,9,10,11,12,14). The lowest BCUT2D eigenvalue weighted by atomic mass is 10.5. The molecule has 0 saturated carbocycles. The van der Waals surface area contributed by atoms with Crippen LogP contribution in [0.5, 0.6) is 0 Å². The Morgan fingerprint density at radius 2 is 2.00 bits per heavy atom. The van der Waals surface area contributed by atoms with Crippen molar-refractivity contribution in [3.05, 3.63) is 26.7 Å². The molecule has 8 heteroatoms. The van der Waals surface area contributed by atoms with Gasteiger partial charge in [0.15, 0.2) is 5.65 Å². The van der Waals surface area contributed by atoms with Gasteiger partial charge in [0.25, 0.3) is 5.56 Å². The van der Waals surface area contributed by atoms with Gasteiger partial charge >= 0.3 is 11.7 Å². The summed E-state index contributed by atoms with van der Waals surface area (Å²) in [5.41, 5.74) is -1.29. The highest BCUT2D eigenvalue weighted by molar-refractivity contribution is 5.88. The lowest BCUT2D eigenvalue weighted by molar-refractivity contribution is 0.0588. The number of carbonyl (C=O) groups excluding carboxylic acids is 1. The summed E-state index contributed by atoms with van der Waals surface area (Å²) in [5.74, 6) is -0.855. The largest absolute Gasteiger partial charge is 0.463 e. The Hall–Kier alpha value is -2.38. The molecule has 8 nitrogen and oxygen atoms in total. The molecule has 2 rings (SSSR count). The monoisotopic (exact) mass is 210 g/mol. The molecule has 0 aliphatic carbocycles. The Morgan fingerprint density at radius 3 is 2.67 bits per heavy atom. The molecule has 0 saturated heterocycles. The predicted octanol–water partition coefficient (Wildman–Crippen LogP) is -1.27. The van der Waals surface area contributed by atoms with Gasteiger partial charge in [0.1, 0.15) is 5.52 Å². The summed E-state index contributed by atoms with van der Waals surface area (Å²) in [6, 6.07) is 0. The smallest absolute Gasteiger partial charge is 0.374 e. The van der Waals surface area contributed by atoms with Crippen LogP contribution in [0.25, 0.3) is 11.2 Å². The molecule has 2 aromatic heterocycles. The number of H-pyrrole nitrogens is 3. The summed E-state index contributed by atoms with van der Waals surface area (Å²) < 4.78 is 4.40. The molecule has 0 aromatic carbocycles. The van der Waals surface area contributed by atoms with Crippen molar-refractivity contribution in [3.8, 4) is 0 Å². The van der Waals surface area contributed by atoms with Crippen LogP contribution >= 0.6 is 0 Å². The van der Waals surface area contributed by atoms with Crippen molar-refractivity contribution in [2.24, 2.45) is 0 Å². The molecule has 2 heterocycles. The molecule has 0 aliphatic rings. The lowest BCUT2D eigenvalue weighted by Crippen LogP contribution is -2.21. The van der Waals surface area contributed by atoms with Crippen LogP contribution in [0.1, 0.15) is 10.6 Å². The fourth-order valence-electron chi connectivity index (χ4n) is 1.13. The van der Waals surface area contributed by atoms with E-state index in [1.54, 1.807) is 0 Å². The van der Waals surface area contributed by atoms with Gasteiger partial charge < -0.3 is 9.72 Å². The Bertz CT molecular complexity index is 634. The van der Waals surface area contributed by atoms with E-state index in [4.69, 9.17) is 0 Å². The Kier molecular flexibility index (Phi) is 1.89. The number of methoxy groups -OCH3 is 1. The molecule has 0 atom stereocenters. The normalized spacial score (nSPS) is 10.5. The first-order chi connectivity index (χ1) is 7.11. The number of aromatic nitrogens is 4. The fraction of sp³-hybridized carbons (Fsp3) is 0.143. The zero-order valence-corrected chi connectivity index (χ0v) is 7.58. The van der Waals surface area contributed by atoms with Gasteiger partial charge in [-0.1, -0.05) is 0 Å². The third-order valence-electron chi connectivity index (χ3n) is 1.77. The van der Waals surface area contributed by atoms with E-state index in [1.165, 1.54) is 7.11 Å². The molecular weight excluding hydrogens is 204 g/mol. The molecule has 0 radical (unpaired) electrons. The van der Waals surface area contributed by atoms with Crippen molar-refractivity contribution in [1.82, 2.24) is 19.9 Å². The molecule has 78 valence electrons. The fourth-order valence-corrected chi connectivity index (χ4v) is 1.13. The number of hydrogen-bond donors (Lipinski definition) is 3. The third-order valence-corrected chi connectivity index (χ3v) is 1.77. The average Bonchev–Trinajstić information content (AvgIpc) is 2.60. The van der Waals surface area contributed by atoms with Crippen LogP contribution in [0, 0.1) is 0 Å². The zero-order chi connectivity index (χ0) is 11.0. The van der Waals surface area contributed by atoms with Crippen molar-refractivity contribution >= 4 is 17.1 Å². The van der Waals surface area contributed by atoms with Crippen molar-refractivity contribution in [2.75, 3.05) is 7.11 Å². The van der Waals surface area contributed by atoms with E-state index in [2.05, 4.69) is 19.7 Å². The quantitative estimate of drug-likeness (QED) is 0.506. The summed E-state index contributed by atoms with van der Waals surface area (Å²) in [6.45, 7) is 0. The minimum Gasteiger partial charge on any atom is -0.463 e. The number of nitrogens with zero attached hydrogens (tertiary/aromatic N) is 1. The molecular formula is C7H6N4O4. The maximum atomic E-state index is 11.2. The van der Waals surface area contributed by atoms with Crippen LogP contribution in [0.15, 0.2) is 9.59 Å². The summed E-state index contributed by atoms with van der Waals surface area (Å²) in [5, 5.41) is 0. The first-order valence-electron chi connectivity index (χ1n) is 3.92. The molecule has 3 N–H and O–H groups in total. The first kappa shape index (κ1) is 9.19. The summed E-state index contributed by atoms with van der Waals surface area (Å²) in [4.78, 5) is 43.6. The van der Waals surface area contributed by atoms with Crippen molar-refractivity contribution in [1.29, 1.82) is 0 Å². The number of ether oxygens (including phenoxy) is 1. The second-order valence-electron chi connectivity index (χ2n) is 2.71. The predicted molar refractivity (Wildman–Crippen MR) is 48.7 cm³/mol. The molecule has 0 bridgehead atoms. The highest BCUT2D eigenvalue weighted by Crippen LogP contribution is 2.01. The average molecular weight is 210 g/mol. The Morgan fingerprint density at radius 1 is 1.27 bits per heavy atom. The maximum absolute atomic E-state index is 11.2. The van der Waals surface area contributed by atoms with Gasteiger partial charge in [0.2, 0.25) is 5.82 Å². The SMILES string of the molecule is COC(=O)c1nc2[nH]c(=O)[nH]c(=O)c2[nH]1. The van der Waals surface area contributed by atoms with E-state index in [0.29, 0.717) is 0 Å². The van der Waals surface area contributed by atoms with Crippen LogP contribution in [0.4, 0.5) is 0 Å². The molecule has 0 aliphatic heterocycles. The van der Waals surface area contributed by atoms with E-state index < -0.39 is 17.2 Å². The molecule has 0 fully saturated rings. The number of esters is 1. The number of aromatic amines is 3. The summed E-state index contributed by atoms with van der Waals surface area (Å²) >= 11 is 0. The third kappa shape index (κ3) is 1.41. The van der Waals surface area contributed by atoms with Gasteiger partial charge in [-0.25, -0.2) is 14.6 Å². The second kappa shape index (κ2) is 3.08. The number of fused-ring (bicyclic) bond motifs is 1. The number of rotatable bonds is 1. The van der Waals surface area contributed by atoms with Crippen molar-refractivity contribution in [3.63, 3.8) is 0 Å². The first-order valence-corrected chi connectivity index (χ1v) is 3.92. The Labute approximate surface area is 81.3 Å². The van der Waals surface area contributed by atoms with Crippen LogP contribution in [-0.4, -0.2) is 33.0 Å². The van der Waals surface area contributed by atoms with E-state index in [9.17, 15) is 14.4 Å². The number of carbonyl (C=O) groups is 1. The van der Waals surface area contributed by atoms with Crippen LogP contribution in [0.2, 0.25) is 0 Å². The Balaban J connectivity index is 2.76. The van der Waals surface area contributed by atoms with E-state index in [0.717, 1.165) is 0 Å². The van der Waals surface area contributed by atoms with Crippen LogP contribution < -0.4 is 11.2 Å². The molecule has 0 spiro atoms. The lowest BCUT2D eigenvalue weighted by Gasteiger charge is -1.89. The van der Waals surface area contributed by atoms with Crippen molar-refractivity contribution in [2.45, 2.75) is 0 Å². The number of hydrogen-bond acceptors (Lipinski definition) is 5. The van der Waals surface area contributed by atoms with Crippen LogP contribution in [0.3, 0.4) is 0 Å². The molecule has 0 amide bonds. The van der Waals surface area contributed by atoms with E-state index >= 15 is 0 Å². The van der Waals surface area contributed by atoms with Gasteiger partial charge in [0, 0.05) is 0 Å². The topological polar surface area (TPSA) is 121 Å². The van der Waals surface area contributed by atoms with E-state index in [-0.39, 0.29) is 17.0 Å². The highest BCUT2D eigenvalue weighted by atomic mass is 16.5. The maximum Gasteiger partial charge on any atom is 0.374 e. The number of nitrogens with one attached hydrogen (secondary N) is 3. The molecule has 15 heavy (non-hydrogen) atoms. The van der Waals surface area contributed by atoms with Gasteiger partial charge in [-0.3, -0.25) is 14.8 Å². The van der Waals surface area contributed by atoms with Gasteiger partial charge in [0.05, 0.1) is 7.11 Å². The second-order valence-corrected chi connectivity index (χ2v) is 2.71. The highest BCUT2D eigenvalue weighted by Gasteiger charge is 2.13. The molecule has 0 unspecified atom stereocenters. The van der Waals surface area contributed by atoms with Gasteiger partial charge in [-0.2, -0.15) is 0 Å². The van der Waals surface area contributed by atoms with Crippen LogP contribution in [-0.2, 0) is 4.74 Å². The zero-order valence-electron chi connectivity index (χ0n) is 7.58. The summed E-state index contributed by atoms with van der Waals surface area (Å²) in [6.07, 6.45) is 0. The summed E-state index contributed by atoms with van der Waals surface area (Å²) in [7, 11) is 1.18. The van der Waals surface area contributed by atoms with E-state index in [1.807, 2.05) is 4.98 Å². The van der Waals surface area contributed by atoms with Crippen molar-refractivity contribution < 1.29 is 9.53 Å². The number of imidazole rings is 1. The molecule has 2 aromatic rings. The minimum atomic E-state index is -0.716.